The van der Waals surface area contributed by atoms with Crippen LogP contribution >= 0.6 is 0 Å². The van der Waals surface area contributed by atoms with Crippen molar-refractivity contribution in [2.75, 3.05) is 6.61 Å². The Morgan fingerprint density at radius 3 is 1.82 bits per heavy atom. The van der Waals surface area contributed by atoms with Crippen molar-refractivity contribution in [3.05, 3.63) is 58.7 Å². The molecule has 0 unspecified atom stereocenters. The summed E-state index contributed by atoms with van der Waals surface area (Å²) < 4.78 is 11.7. The molecule has 0 N–H and O–H groups in total. The maximum absolute atomic E-state index is 5.98. The molecule has 0 radical (unpaired) electrons. The standard InChI is InChI=1S/C20H26O2/c1-5-13-21-19-11-12-20(16(4)15(19)3)22-14-18-9-7-17(6-2)8-10-18/h7-12H,5-6,13-14H2,1-4H3. The van der Waals surface area contributed by atoms with Crippen molar-refractivity contribution < 1.29 is 9.47 Å². The lowest BCUT2D eigenvalue weighted by Gasteiger charge is -2.15. The minimum absolute atomic E-state index is 0.597. The first-order chi connectivity index (χ1) is 10.7. The summed E-state index contributed by atoms with van der Waals surface area (Å²) in [5.41, 5.74) is 4.86. The second-order valence-corrected chi connectivity index (χ2v) is 5.62. The van der Waals surface area contributed by atoms with E-state index in [-0.39, 0.29) is 0 Å². The number of hydrogen-bond acceptors (Lipinski definition) is 2. The van der Waals surface area contributed by atoms with Crippen LogP contribution in [0.4, 0.5) is 0 Å². The highest BCUT2D eigenvalue weighted by Crippen LogP contribution is 2.29. The van der Waals surface area contributed by atoms with Crippen LogP contribution in [-0.4, -0.2) is 6.61 Å². The average Bonchev–Trinajstić information content (AvgIpc) is 2.56. The lowest BCUT2D eigenvalue weighted by atomic mass is 10.1. The Morgan fingerprint density at radius 2 is 1.27 bits per heavy atom. The average molecular weight is 298 g/mol. The normalized spacial score (nSPS) is 10.5. The van der Waals surface area contributed by atoms with Crippen LogP contribution in [0.25, 0.3) is 0 Å². The largest absolute Gasteiger partial charge is 0.493 e. The number of hydrogen-bond donors (Lipinski definition) is 0. The van der Waals surface area contributed by atoms with Crippen LogP contribution in [0, 0.1) is 13.8 Å². The van der Waals surface area contributed by atoms with Crippen LogP contribution in [0.1, 0.15) is 42.5 Å². The summed E-state index contributed by atoms with van der Waals surface area (Å²) in [6.45, 7) is 9.81. The topological polar surface area (TPSA) is 18.5 Å². The fraction of sp³-hybridized carbons (Fsp3) is 0.400. The van der Waals surface area contributed by atoms with Crippen molar-refractivity contribution in [1.29, 1.82) is 0 Å². The molecule has 0 aliphatic heterocycles. The summed E-state index contributed by atoms with van der Waals surface area (Å²) in [5.74, 6) is 1.89. The predicted molar refractivity (Wildman–Crippen MR) is 91.9 cm³/mol. The van der Waals surface area contributed by atoms with Gasteiger partial charge in [-0.05, 0) is 61.1 Å². The fourth-order valence-corrected chi connectivity index (χ4v) is 2.33. The minimum Gasteiger partial charge on any atom is -0.493 e. The maximum atomic E-state index is 5.98. The highest BCUT2D eigenvalue weighted by molar-refractivity contribution is 5.47. The van der Waals surface area contributed by atoms with Crippen molar-refractivity contribution in [3.63, 3.8) is 0 Å². The Labute approximate surface area is 134 Å². The Balaban J connectivity index is 2.04. The lowest BCUT2D eigenvalue weighted by molar-refractivity contribution is 0.298. The third-order valence-electron chi connectivity index (χ3n) is 3.98. The zero-order valence-corrected chi connectivity index (χ0v) is 14.1. The van der Waals surface area contributed by atoms with E-state index in [4.69, 9.17) is 9.47 Å². The van der Waals surface area contributed by atoms with E-state index < -0.39 is 0 Å². The lowest BCUT2D eigenvalue weighted by Crippen LogP contribution is -2.01. The number of aryl methyl sites for hydroxylation is 1. The van der Waals surface area contributed by atoms with Gasteiger partial charge < -0.3 is 9.47 Å². The first-order valence-corrected chi connectivity index (χ1v) is 8.09. The quantitative estimate of drug-likeness (QED) is 0.696. The van der Waals surface area contributed by atoms with Gasteiger partial charge in [-0.3, -0.25) is 0 Å². The molecule has 2 heteroatoms. The minimum atomic E-state index is 0.597. The zero-order chi connectivity index (χ0) is 15.9. The molecule has 118 valence electrons. The van der Waals surface area contributed by atoms with Gasteiger partial charge in [0.15, 0.2) is 0 Å². The van der Waals surface area contributed by atoms with Crippen LogP contribution in [0.5, 0.6) is 11.5 Å². The molecule has 0 amide bonds. The van der Waals surface area contributed by atoms with Gasteiger partial charge >= 0.3 is 0 Å². The van der Waals surface area contributed by atoms with Gasteiger partial charge in [0.1, 0.15) is 18.1 Å². The van der Waals surface area contributed by atoms with Crippen molar-refractivity contribution in [1.82, 2.24) is 0 Å². The number of rotatable bonds is 7. The molecule has 0 saturated heterocycles. The highest BCUT2D eigenvalue weighted by atomic mass is 16.5. The second-order valence-electron chi connectivity index (χ2n) is 5.62. The highest BCUT2D eigenvalue weighted by Gasteiger charge is 2.08. The molecule has 0 saturated carbocycles. The van der Waals surface area contributed by atoms with Gasteiger partial charge in [-0.2, -0.15) is 0 Å². The van der Waals surface area contributed by atoms with Gasteiger partial charge in [0.05, 0.1) is 6.61 Å². The van der Waals surface area contributed by atoms with Crippen molar-refractivity contribution in [2.24, 2.45) is 0 Å². The van der Waals surface area contributed by atoms with Crippen molar-refractivity contribution in [2.45, 2.75) is 47.1 Å². The summed E-state index contributed by atoms with van der Waals surface area (Å²) in [4.78, 5) is 0. The van der Waals surface area contributed by atoms with Crippen molar-refractivity contribution in [3.8, 4) is 11.5 Å². The first kappa shape index (κ1) is 16.4. The van der Waals surface area contributed by atoms with E-state index in [9.17, 15) is 0 Å². The van der Waals surface area contributed by atoms with Gasteiger partial charge in [0.2, 0.25) is 0 Å². The van der Waals surface area contributed by atoms with Crippen LogP contribution in [0.15, 0.2) is 36.4 Å². The maximum Gasteiger partial charge on any atom is 0.123 e. The molecule has 0 fully saturated rings. The summed E-state index contributed by atoms with van der Waals surface area (Å²) in [5, 5.41) is 0. The summed E-state index contributed by atoms with van der Waals surface area (Å²) in [6, 6.07) is 12.6. The fourth-order valence-electron chi connectivity index (χ4n) is 2.33. The smallest absolute Gasteiger partial charge is 0.123 e. The molecule has 0 bridgehead atoms. The van der Waals surface area contributed by atoms with Gasteiger partial charge in [-0.1, -0.05) is 38.1 Å². The van der Waals surface area contributed by atoms with Gasteiger partial charge in [-0.15, -0.1) is 0 Å². The summed E-state index contributed by atoms with van der Waals surface area (Å²) >= 11 is 0. The Hall–Kier alpha value is -1.96. The molecule has 0 aliphatic rings. The predicted octanol–water partition coefficient (Wildman–Crippen LogP) is 5.23. The Bertz CT molecular complexity index is 600. The molecule has 2 aromatic carbocycles. The summed E-state index contributed by atoms with van der Waals surface area (Å²) in [6.07, 6.45) is 2.09. The molecule has 2 aromatic rings. The van der Waals surface area contributed by atoms with E-state index in [1.54, 1.807) is 0 Å². The van der Waals surface area contributed by atoms with Gasteiger partial charge in [-0.25, -0.2) is 0 Å². The van der Waals surface area contributed by atoms with Crippen LogP contribution in [-0.2, 0) is 13.0 Å². The van der Waals surface area contributed by atoms with Crippen LogP contribution in [0.2, 0.25) is 0 Å². The number of benzene rings is 2. The van der Waals surface area contributed by atoms with Gasteiger partial charge in [0.25, 0.3) is 0 Å². The molecule has 2 rings (SSSR count). The van der Waals surface area contributed by atoms with E-state index in [1.807, 2.05) is 12.1 Å². The molecule has 22 heavy (non-hydrogen) atoms. The molecular weight excluding hydrogens is 272 g/mol. The molecule has 0 heterocycles. The molecule has 0 spiro atoms. The van der Waals surface area contributed by atoms with E-state index in [0.717, 1.165) is 42.1 Å². The van der Waals surface area contributed by atoms with Crippen LogP contribution in [0.3, 0.4) is 0 Å². The molecule has 0 aromatic heterocycles. The van der Waals surface area contributed by atoms with Crippen LogP contribution < -0.4 is 9.47 Å². The SMILES string of the molecule is CCCOc1ccc(OCc2ccc(CC)cc2)c(C)c1C. The van der Waals surface area contributed by atoms with E-state index in [1.165, 1.54) is 11.1 Å². The Morgan fingerprint density at radius 1 is 0.727 bits per heavy atom. The van der Waals surface area contributed by atoms with E-state index >= 15 is 0 Å². The third-order valence-corrected chi connectivity index (χ3v) is 3.98. The second kappa shape index (κ2) is 7.88. The van der Waals surface area contributed by atoms with E-state index in [2.05, 4.69) is 52.0 Å². The molecular formula is C20H26O2. The Kier molecular flexibility index (Phi) is 5.88. The molecule has 0 aliphatic carbocycles. The van der Waals surface area contributed by atoms with Gasteiger partial charge in [0, 0.05) is 0 Å². The molecule has 0 atom stereocenters. The zero-order valence-electron chi connectivity index (χ0n) is 14.1. The van der Waals surface area contributed by atoms with E-state index in [0.29, 0.717) is 6.61 Å². The van der Waals surface area contributed by atoms with Crippen molar-refractivity contribution >= 4 is 0 Å². The third kappa shape index (κ3) is 4.03. The number of ether oxygens (including phenoxy) is 2. The molecule has 2 nitrogen and oxygen atoms in total. The summed E-state index contributed by atoms with van der Waals surface area (Å²) in [7, 11) is 0. The monoisotopic (exact) mass is 298 g/mol. The first-order valence-electron chi connectivity index (χ1n) is 8.09.